The lowest BCUT2D eigenvalue weighted by Crippen LogP contribution is -2.42. The van der Waals surface area contributed by atoms with Gasteiger partial charge in [0.1, 0.15) is 0 Å². The Hall–Kier alpha value is -0.290. The molecule has 0 aliphatic carbocycles. The third kappa shape index (κ3) is 11.3. The minimum Gasteiger partial charge on any atom is -0.389 e. The van der Waals surface area contributed by atoms with Gasteiger partial charge in [0.15, 0.2) is 0 Å². The molecule has 0 aromatic rings. The second-order valence-corrected chi connectivity index (χ2v) is 5.84. The topological polar surface area (TPSA) is 117 Å². The molecule has 0 aromatic heterocycles. The van der Waals surface area contributed by atoms with Gasteiger partial charge in [-0.05, 0) is 0 Å². The minimum absolute atomic E-state index is 0.000379. The highest BCUT2D eigenvalue weighted by atomic mass is 32.2. The highest BCUT2D eigenvalue weighted by Gasteiger charge is 2.18. The smallest absolute Gasteiger partial charge is 0.266 e. The first kappa shape index (κ1) is 18.7. The number of ether oxygens (including phenoxy) is 2. The number of rotatable bonds is 11. The molecule has 2 unspecified atom stereocenters. The van der Waals surface area contributed by atoms with Crippen molar-refractivity contribution in [2.75, 3.05) is 52.8 Å². The Kier molecular flexibility index (Phi) is 9.44. The first-order chi connectivity index (χ1) is 8.78. The van der Waals surface area contributed by atoms with Crippen LogP contribution in [-0.2, 0) is 19.6 Å². The Morgan fingerprint density at radius 2 is 1.47 bits per heavy atom. The Morgan fingerprint density at radius 1 is 1.05 bits per heavy atom. The van der Waals surface area contributed by atoms with Crippen LogP contribution in [0.15, 0.2) is 0 Å². The predicted molar refractivity (Wildman–Crippen MR) is 68.6 cm³/mol. The monoisotopic (exact) mass is 301 g/mol. The van der Waals surface area contributed by atoms with Crippen LogP contribution in [0.3, 0.4) is 0 Å². The van der Waals surface area contributed by atoms with Crippen LogP contribution in [0.2, 0.25) is 0 Å². The normalized spacial score (nSPS) is 15.7. The lowest BCUT2D eigenvalue weighted by atomic mass is 10.3. The molecule has 0 spiro atoms. The number of nitrogens with zero attached hydrogens (tertiary/aromatic N) is 1. The van der Waals surface area contributed by atoms with E-state index in [1.54, 1.807) is 0 Å². The lowest BCUT2D eigenvalue weighted by molar-refractivity contribution is 0.00816. The molecule has 0 saturated heterocycles. The second kappa shape index (κ2) is 9.59. The van der Waals surface area contributed by atoms with Crippen molar-refractivity contribution in [3.8, 4) is 0 Å². The molecule has 0 amide bonds. The fourth-order valence-electron chi connectivity index (χ4n) is 1.59. The van der Waals surface area contributed by atoms with Crippen molar-refractivity contribution in [1.82, 2.24) is 4.90 Å². The molecule has 19 heavy (non-hydrogen) atoms. The number of hydrogen-bond donors (Lipinski definition) is 3. The maximum absolute atomic E-state index is 10.7. The second-order valence-electron chi connectivity index (χ2n) is 4.26. The maximum Gasteiger partial charge on any atom is 0.266 e. The molecule has 3 N–H and O–H groups in total. The van der Waals surface area contributed by atoms with Gasteiger partial charge in [-0.3, -0.25) is 9.45 Å². The van der Waals surface area contributed by atoms with E-state index in [9.17, 15) is 18.6 Å². The maximum atomic E-state index is 10.7. The Labute approximate surface area is 113 Å². The van der Waals surface area contributed by atoms with E-state index in [1.165, 1.54) is 19.1 Å². The first-order valence-electron chi connectivity index (χ1n) is 5.80. The van der Waals surface area contributed by atoms with Gasteiger partial charge >= 0.3 is 0 Å². The van der Waals surface area contributed by atoms with Gasteiger partial charge in [0.25, 0.3) is 10.1 Å². The molecular weight excluding hydrogens is 278 g/mol. The van der Waals surface area contributed by atoms with Crippen LogP contribution in [0.25, 0.3) is 0 Å². The highest BCUT2D eigenvalue weighted by Crippen LogP contribution is 1.99. The van der Waals surface area contributed by atoms with E-state index in [4.69, 9.17) is 14.0 Å². The molecule has 116 valence electrons. The Bertz CT molecular complexity index is 308. The molecule has 0 bridgehead atoms. The number of hydrogen-bond acceptors (Lipinski definition) is 7. The number of aliphatic hydroxyl groups excluding tert-OH is 2. The van der Waals surface area contributed by atoms with Crippen LogP contribution in [-0.4, -0.2) is 93.1 Å². The standard InChI is InChI=1S/C10H23NO7S/c1-17-7-9(12)5-11(3-4-19(14,15)16)6-10(13)8-18-2/h9-10,12-13H,3-8H2,1-2H3,(H,14,15,16). The van der Waals surface area contributed by atoms with Gasteiger partial charge in [0.2, 0.25) is 0 Å². The molecule has 0 aliphatic rings. The van der Waals surface area contributed by atoms with Gasteiger partial charge in [-0.1, -0.05) is 0 Å². The van der Waals surface area contributed by atoms with E-state index in [0.29, 0.717) is 0 Å². The number of methoxy groups -OCH3 is 2. The summed E-state index contributed by atoms with van der Waals surface area (Å²) in [5.41, 5.74) is 0. The van der Waals surface area contributed by atoms with Crippen LogP contribution >= 0.6 is 0 Å². The van der Waals surface area contributed by atoms with Gasteiger partial charge in [0.05, 0.1) is 31.2 Å². The molecule has 9 heteroatoms. The van der Waals surface area contributed by atoms with Crippen LogP contribution in [0, 0.1) is 0 Å². The van der Waals surface area contributed by atoms with E-state index in [0.717, 1.165) is 0 Å². The minimum atomic E-state index is -4.08. The largest absolute Gasteiger partial charge is 0.389 e. The van der Waals surface area contributed by atoms with E-state index < -0.39 is 28.1 Å². The summed E-state index contributed by atoms with van der Waals surface area (Å²) in [6, 6.07) is 0. The fourth-order valence-corrected chi connectivity index (χ4v) is 2.08. The summed E-state index contributed by atoms with van der Waals surface area (Å²) >= 11 is 0. The summed E-state index contributed by atoms with van der Waals surface area (Å²) in [6.45, 7) is 0.458. The van der Waals surface area contributed by atoms with E-state index in [-0.39, 0.29) is 32.8 Å². The van der Waals surface area contributed by atoms with Crippen molar-refractivity contribution in [1.29, 1.82) is 0 Å². The quantitative estimate of drug-likeness (QED) is 0.382. The third-order valence-corrected chi connectivity index (χ3v) is 3.02. The molecule has 0 saturated carbocycles. The van der Waals surface area contributed by atoms with Crippen molar-refractivity contribution in [2.24, 2.45) is 0 Å². The van der Waals surface area contributed by atoms with Crippen molar-refractivity contribution in [2.45, 2.75) is 12.2 Å². The zero-order valence-electron chi connectivity index (χ0n) is 11.2. The average Bonchev–Trinajstić information content (AvgIpc) is 2.25. The summed E-state index contributed by atoms with van der Waals surface area (Å²) in [7, 11) is -1.21. The van der Waals surface area contributed by atoms with Crippen LogP contribution in [0.1, 0.15) is 0 Å². The SMILES string of the molecule is COCC(O)CN(CCS(=O)(=O)O)CC(O)COC. The van der Waals surface area contributed by atoms with Crippen molar-refractivity contribution in [3.05, 3.63) is 0 Å². The van der Waals surface area contributed by atoms with Gasteiger partial charge in [-0.2, -0.15) is 8.42 Å². The summed E-state index contributed by atoms with van der Waals surface area (Å²) in [5.74, 6) is -0.466. The molecule has 0 fully saturated rings. The average molecular weight is 301 g/mol. The van der Waals surface area contributed by atoms with E-state index in [2.05, 4.69) is 0 Å². The Balaban J connectivity index is 4.36. The van der Waals surface area contributed by atoms with Gasteiger partial charge in [-0.25, -0.2) is 0 Å². The molecule has 0 aliphatic heterocycles. The fraction of sp³-hybridized carbons (Fsp3) is 1.00. The summed E-state index contributed by atoms with van der Waals surface area (Å²) < 4.78 is 39.7. The van der Waals surface area contributed by atoms with Crippen LogP contribution < -0.4 is 0 Å². The predicted octanol–water partition coefficient (Wildman–Crippen LogP) is -1.81. The van der Waals surface area contributed by atoms with Crippen LogP contribution in [0.4, 0.5) is 0 Å². The first-order valence-corrected chi connectivity index (χ1v) is 7.41. The molecular formula is C10H23NO7S. The van der Waals surface area contributed by atoms with E-state index >= 15 is 0 Å². The van der Waals surface area contributed by atoms with Crippen molar-refractivity contribution < 1.29 is 32.7 Å². The summed E-state index contributed by atoms with van der Waals surface area (Å²) in [4.78, 5) is 1.53. The summed E-state index contributed by atoms with van der Waals surface area (Å²) in [5, 5.41) is 19.2. The van der Waals surface area contributed by atoms with Gasteiger partial charge in [-0.15, -0.1) is 0 Å². The van der Waals surface area contributed by atoms with E-state index in [1.807, 2.05) is 0 Å². The number of aliphatic hydroxyl groups is 2. The van der Waals surface area contributed by atoms with Crippen LogP contribution in [0.5, 0.6) is 0 Å². The molecule has 0 aromatic carbocycles. The lowest BCUT2D eigenvalue weighted by Gasteiger charge is -2.26. The molecule has 8 nitrogen and oxygen atoms in total. The van der Waals surface area contributed by atoms with Gasteiger partial charge < -0.3 is 19.7 Å². The molecule has 0 radical (unpaired) electrons. The van der Waals surface area contributed by atoms with Gasteiger partial charge in [0, 0.05) is 33.9 Å². The molecule has 0 heterocycles. The third-order valence-electron chi connectivity index (χ3n) is 2.32. The van der Waals surface area contributed by atoms with Crippen molar-refractivity contribution >= 4 is 10.1 Å². The molecule has 2 atom stereocenters. The zero-order valence-corrected chi connectivity index (χ0v) is 12.0. The zero-order chi connectivity index (χ0) is 14.9. The summed E-state index contributed by atoms with van der Waals surface area (Å²) in [6.07, 6.45) is -1.61. The Morgan fingerprint density at radius 3 is 1.79 bits per heavy atom. The highest BCUT2D eigenvalue weighted by molar-refractivity contribution is 7.85. The van der Waals surface area contributed by atoms with Crippen molar-refractivity contribution in [3.63, 3.8) is 0 Å². The molecule has 0 rings (SSSR count).